The highest BCUT2D eigenvalue weighted by atomic mass is 79.9. The normalized spacial score (nSPS) is 10.8. The summed E-state index contributed by atoms with van der Waals surface area (Å²) in [6, 6.07) is 10.6. The van der Waals surface area contributed by atoms with Crippen molar-refractivity contribution in [2.45, 2.75) is 13.5 Å². The summed E-state index contributed by atoms with van der Waals surface area (Å²) in [4.78, 5) is 24.2. The number of ether oxygens (including phenoxy) is 1. The first-order valence-electron chi connectivity index (χ1n) is 7.09. The predicted octanol–water partition coefficient (Wildman–Crippen LogP) is 4.36. The van der Waals surface area contributed by atoms with Gasteiger partial charge in [-0.3, -0.25) is 4.79 Å². The first-order chi connectivity index (χ1) is 11.4. The van der Waals surface area contributed by atoms with Crippen LogP contribution in [0.15, 0.2) is 56.1 Å². The van der Waals surface area contributed by atoms with E-state index in [1.807, 2.05) is 6.92 Å². The monoisotopic (exact) mass is 390 g/mol. The fourth-order valence-electron chi connectivity index (χ4n) is 2.22. The van der Waals surface area contributed by atoms with E-state index >= 15 is 0 Å². The molecule has 0 atom stereocenters. The van der Waals surface area contributed by atoms with Gasteiger partial charge >= 0.3 is 5.97 Å². The molecule has 0 saturated heterocycles. The standard InChI is InChI=1S/C18H12BrFO4/c1-10-2-5-16-13(6-10)15(21)8-17(24-16)18(22)23-9-11-3-4-12(19)7-14(11)20/h2-8H,9H2,1H3. The Hall–Kier alpha value is -2.47. The van der Waals surface area contributed by atoms with Crippen LogP contribution in [0.25, 0.3) is 11.0 Å². The summed E-state index contributed by atoms with van der Waals surface area (Å²) in [6.45, 7) is 1.60. The van der Waals surface area contributed by atoms with Crippen molar-refractivity contribution in [2.24, 2.45) is 0 Å². The topological polar surface area (TPSA) is 56.5 Å². The number of rotatable bonds is 3. The van der Waals surface area contributed by atoms with Crippen LogP contribution in [0.2, 0.25) is 0 Å². The first kappa shape index (κ1) is 16.4. The van der Waals surface area contributed by atoms with Crippen LogP contribution >= 0.6 is 15.9 Å². The zero-order chi connectivity index (χ0) is 17.3. The number of halogens is 2. The second-order valence-corrected chi connectivity index (χ2v) is 6.20. The molecule has 0 radical (unpaired) electrons. The number of carbonyl (C=O) groups is 1. The van der Waals surface area contributed by atoms with E-state index in [0.29, 0.717) is 15.4 Å². The van der Waals surface area contributed by atoms with E-state index in [2.05, 4.69) is 15.9 Å². The summed E-state index contributed by atoms with van der Waals surface area (Å²) in [7, 11) is 0. The zero-order valence-electron chi connectivity index (χ0n) is 12.6. The molecule has 0 fully saturated rings. The highest BCUT2D eigenvalue weighted by molar-refractivity contribution is 9.10. The van der Waals surface area contributed by atoms with Crippen molar-refractivity contribution in [3.05, 3.63) is 79.9 Å². The molecule has 24 heavy (non-hydrogen) atoms. The van der Waals surface area contributed by atoms with Crippen molar-refractivity contribution < 1.29 is 18.3 Å². The van der Waals surface area contributed by atoms with Gasteiger partial charge in [-0.25, -0.2) is 9.18 Å². The molecule has 6 heteroatoms. The Balaban J connectivity index is 1.83. The molecular weight excluding hydrogens is 379 g/mol. The Bertz CT molecular complexity index is 994. The van der Waals surface area contributed by atoms with Crippen molar-refractivity contribution in [3.8, 4) is 0 Å². The minimum Gasteiger partial charge on any atom is -0.455 e. The summed E-state index contributed by atoms with van der Waals surface area (Å²) in [5, 5.41) is 0.394. The molecule has 0 aliphatic rings. The number of esters is 1. The first-order valence-corrected chi connectivity index (χ1v) is 7.89. The second kappa shape index (κ2) is 6.57. The van der Waals surface area contributed by atoms with Crippen molar-refractivity contribution in [1.82, 2.24) is 0 Å². The van der Waals surface area contributed by atoms with Crippen LogP contribution in [-0.2, 0) is 11.3 Å². The van der Waals surface area contributed by atoms with E-state index in [-0.39, 0.29) is 23.4 Å². The number of carbonyl (C=O) groups excluding carboxylic acids is 1. The van der Waals surface area contributed by atoms with Crippen molar-refractivity contribution in [2.75, 3.05) is 0 Å². The van der Waals surface area contributed by atoms with Crippen molar-refractivity contribution >= 4 is 32.9 Å². The van der Waals surface area contributed by atoms with Gasteiger partial charge in [0.1, 0.15) is 18.0 Å². The molecule has 0 unspecified atom stereocenters. The Morgan fingerprint density at radius 3 is 2.75 bits per heavy atom. The van der Waals surface area contributed by atoms with E-state index in [4.69, 9.17) is 9.15 Å². The highest BCUT2D eigenvalue weighted by Crippen LogP contribution is 2.18. The summed E-state index contributed by atoms with van der Waals surface area (Å²) >= 11 is 3.15. The molecule has 0 saturated carbocycles. The highest BCUT2D eigenvalue weighted by Gasteiger charge is 2.15. The van der Waals surface area contributed by atoms with Gasteiger partial charge in [0.15, 0.2) is 5.43 Å². The Kier molecular flexibility index (Phi) is 4.49. The minimum absolute atomic E-state index is 0.214. The second-order valence-electron chi connectivity index (χ2n) is 5.29. The van der Waals surface area contributed by atoms with Gasteiger partial charge in [-0.05, 0) is 31.2 Å². The summed E-state index contributed by atoms with van der Waals surface area (Å²) in [5.74, 6) is -1.53. The smallest absolute Gasteiger partial charge is 0.374 e. The number of aryl methyl sites for hydroxylation is 1. The molecule has 3 aromatic rings. The van der Waals surface area contributed by atoms with E-state index < -0.39 is 11.8 Å². The SMILES string of the molecule is Cc1ccc2oc(C(=O)OCc3ccc(Br)cc3F)cc(=O)c2c1. The Labute approximate surface area is 145 Å². The van der Waals surface area contributed by atoms with Gasteiger partial charge in [0.05, 0.1) is 5.39 Å². The van der Waals surface area contributed by atoms with Crippen LogP contribution < -0.4 is 5.43 Å². The van der Waals surface area contributed by atoms with Gasteiger partial charge in [0.2, 0.25) is 5.76 Å². The predicted molar refractivity (Wildman–Crippen MR) is 90.4 cm³/mol. The number of benzene rings is 2. The van der Waals surface area contributed by atoms with Crippen LogP contribution in [0.4, 0.5) is 4.39 Å². The Morgan fingerprint density at radius 2 is 2.00 bits per heavy atom. The molecule has 0 aliphatic heterocycles. The van der Waals surface area contributed by atoms with Gasteiger partial charge in [0.25, 0.3) is 0 Å². The van der Waals surface area contributed by atoms with Gasteiger partial charge in [-0.2, -0.15) is 0 Å². The van der Waals surface area contributed by atoms with Crippen LogP contribution in [0, 0.1) is 12.7 Å². The van der Waals surface area contributed by atoms with Crippen molar-refractivity contribution in [1.29, 1.82) is 0 Å². The third-order valence-electron chi connectivity index (χ3n) is 3.46. The van der Waals surface area contributed by atoms with Gasteiger partial charge in [-0.15, -0.1) is 0 Å². The lowest BCUT2D eigenvalue weighted by atomic mass is 10.1. The summed E-state index contributed by atoms with van der Waals surface area (Å²) in [6.07, 6.45) is 0. The lowest BCUT2D eigenvalue weighted by molar-refractivity contribution is 0.0433. The zero-order valence-corrected chi connectivity index (χ0v) is 14.2. The summed E-state index contributed by atoms with van der Waals surface area (Å²) < 4.78 is 24.8. The molecule has 2 aromatic carbocycles. The van der Waals surface area contributed by atoms with Crippen LogP contribution in [-0.4, -0.2) is 5.97 Å². The van der Waals surface area contributed by atoms with Crippen LogP contribution in [0.3, 0.4) is 0 Å². The third-order valence-corrected chi connectivity index (χ3v) is 3.95. The maximum atomic E-state index is 13.7. The lowest BCUT2D eigenvalue weighted by Gasteiger charge is -2.06. The molecule has 0 bridgehead atoms. The Morgan fingerprint density at radius 1 is 1.21 bits per heavy atom. The molecule has 122 valence electrons. The van der Waals surface area contributed by atoms with E-state index in [0.717, 1.165) is 11.6 Å². The largest absolute Gasteiger partial charge is 0.455 e. The quantitative estimate of drug-likeness (QED) is 0.623. The molecule has 4 nitrogen and oxygen atoms in total. The average Bonchev–Trinajstić information content (AvgIpc) is 2.54. The molecule has 1 heterocycles. The molecule has 0 N–H and O–H groups in total. The average molecular weight is 391 g/mol. The number of hydrogen-bond donors (Lipinski definition) is 0. The maximum Gasteiger partial charge on any atom is 0.374 e. The number of fused-ring (bicyclic) bond motifs is 1. The fourth-order valence-corrected chi connectivity index (χ4v) is 2.56. The van der Waals surface area contributed by atoms with E-state index in [9.17, 15) is 14.0 Å². The molecular formula is C18H12BrFO4. The minimum atomic E-state index is -0.822. The van der Waals surface area contributed by atoms with Gasteiger partial charge in [-0.1, -0.05) is 33.6 Å². The molecule has 0 spiro atoms. The van der Waals surface area contributed by atoms with Crippen molar-refractivity contribution in [3.63, 3.8) is 0 Å². The summed E-state index contributed by atoms with van der Waals surface area (Å²) in [5.41, 5.74) is 1.11. The van der Waals surface area contributed by atoms with Crippen LogP contribution in [0.5, 0.6) is 0 Å². The maximum absolute atomic E-state index is 13.7. The van der Waals surface area contributed by atoms with E-state index in [1.54, 1.807) is 24.3 Å². The molecule has 0 aliphatic carbocycles. The molecule has 1 aromatic heterocycles. The van der Waals surface area contributed by atoms with Gasteiger partial charge < -0.3 is 9.15 Å². The third kappa shape index (κ3) is 3.38. The number of hydrogen-bond acceptors (Lipinski definition) is 4. The molecule has 3 rings (SSSR count). The lowest BCUT2D eigenvalue weighted by Crippen LogP contribution is -2.10. The van der Waals surface area contributed by atoms with Gasteiger partial charge in [0, 0.05) is 16.1 Å². The fraction of sp³-hybridized carbons (Fsp3) is 0.111. The molecule has 0 amide bonds. The van der Waals surface area contributed by atoms with Crippen LogP contribution in [0.1, 0.15) is 21.7 Å². The van der Waals surface area contributed by atoms with E-state index in [1.165, 1.54) is 12.1 Å².